The quantitative estimate of drug-likeness (QED) is 0.490. The smallest absolute Gasteiger partial charge is 0.315 e. The van der Waals surface area contributed by atoms with Crippen LogP contribution in [0, 0.1) is 5.92 Å². The number of hydrogen-bond donors (Lipinski definition) is 3. The van der Waals surface area contributed by atoms with E-state index in [0.717, 1.165) is 12.8 Å². The van der Waals surface area contributed by atoms with Gasteiger partial charge < -0.3 is 25.2 Å². The molecule has 0 radical (unpaired) electrons. The number of ether oxygens (including phenoxy) is 2. The number of rotatable bonds is 11. The van der Waals surface area contributed by atoms with Crippen molar-refractivity contribution in [3.63, 3.8) is 0 Å². The van der Waals surface area contributed by atoms with Gasteiger partial charge in [0.2, 0.25) is 0 Å². The van der Waals surface area contributed by atoms with Gasteiger partial charge >= 0.3 is 12.0 Å². The zero-order valence-electron chi connectivity index (χ0n) is 12.5. The van der Waals surface area contributed by atoms with Gasteiger partial charge in [-0.25, -0.2) is 4.79 Å². The van der Waals surface area contributed by atoms with Crippen molar-refractivity contribution in [3.8, 4) is 0 Å². The summed E-state index contributed by atoms with van der Waals surface area (Å²) in [4.78, 5) is 22.2. The average Bonchev–Trinajstić information content (AvgIpc) is 2.40. The normalized spacial score (nSPS) is 13.6. The molecule has 0 aliphatic rings. The Morgan fingerprint density at radius 2 is 1.85 bits per heavy atom. The molecule has 0 saturated carbocycles. The molecule has 0 aromatic heterocycles. The number of carbonyl (C=O) groups is 2. The van der Waals surface area contributed by atoms with Crippen molar-refractivity contribution in [3.05, 3.63) is 0 Å². The van der Waals surface area contributed by atoms with E-state index in [1.807, 2.05) is 0 Å². The number of carboxylic acids is 1. The molecule has 0 aliphatic heterocycles. The van der Waals surface area contributed by atoms with Gasteiger partial charge in [-0.05, 0) is 26.7 Å². The summed E-state index contributed by atoms with van der Waals surface area (Å²) < 4.78 is 10.1. The van der Waals surface area contributed by atoms with Crippen LogP contribution in [-0.2, 0) is 14.3 Å². The molecule has 0 aliphatic carbocycles. The van der Waals surface area contributed by atoms with Gasteiger partial charge in [-0.2, -0.15) is 0 Å². The Kier molecular flexibility index (Phi) is 10.7. The van der Waals surface area contributed by atoms with Crippen LogP contribution in [0.2, 0.25) is 0 Å². The summed E-state index contributed by atoms with van der Waals surface area (Å²) >= 11 is 0. The molecule has 20 heavy (non-hydrogen) atoms. The van der Waals surface area contributed by atoms with Crippen molar-refractivity contribution in [1.82, 2.24) is 10.6 Å². The highest BCUT2D eigenvalue weighted by Crippen LogP contribution is 2.01. The second kappa shape index (κ2) is 11.5. The maximum atomic E-state index is 11.5. The summed E-state index contributed by atoms with van der Waals surface area (Å²) in [7, 11) is 1.62. The maximum Gasteiger partial charge on any atom is 0.315 e. The lowest BCUT2D eigenvalue weighted by atomic mass is 10.0. The van der Waals surface area contributed by atoms with Gasteiger partial charge in [0, 0.05) is 26.3 Å². The molecule has 118 valence electrons. The molecule has 3 N–H and O–H groups in total. The highest BCUT2D eigenvalue weighted by molar-refractivity contribution is 5.76. The fourth-order valence-corrected chi connectivity index (χ4v) is 1.37. The zero-order chi connectivity index (χ0) is 15.4. The number of urea groups is 1. The summed E-state index contributed by atoms with van der Waals surface area (Å²) in [6.45, 7) is 5.56. The molecule has 0 aromatic carbocycles. The third-order valence-corrected chi connectivity index (χ3v) is 2.93. The Labute approximate surface area is 120 Å². The first-order chi connectivity index (χ1) is 9.49. The number of carboxylic acid groups (broad SMARTS) is 1. The first kappa shape index (κ1) is 18.7. The second-order valence-electron chi connectivity index (χ2n) is 4.63. The molecule has 0 fully saturated rings. The third kappa shape index (κ3) is 9.57. The number of unbranched alkanes of at least 4 members (excludes halogenated alkanes) is 1. The molecule has 0 bridgehead atoms. The van der Waals surface area contributed by atoms with Crippen LogP contribution in [0.4, 0.5) is 4.79 Å². The Hall–Kier alpha value is -1.34. The second-order valence-corrected chi connectivity index (χ2v) is 4.63. The number of hydrogen-bond acceptors (Lipinski definition) is 4. The fourth-order valence-electron chi connectivity index (χ4n) is 1.37. The Morgan fingerprint density at radius 1 is 1.15 bits per heavy atom. The van der Waals surface area contributed by atoms with Gasteiger partial charge in [0.15, 0.2) is 0 Å². The third-order valence-electron chi connectivity index (χ3n) is 2.93. The van der Waals surface area contributed by atoms with Crippen LogP contribution in [0.3, 0.4) is 0 Å². The van der Waals surface area contributed by atoms with Gasteiger partial charge in [0.1, 0.15) is 0 Å². The van der Waals surface area contributed by atoms with Crippen molar-refractivity contribution in [2.45, 2.75) is 32.7 Å². The van der Waals surface area contributed by atoms with Gasteiger partial charge in [0.05, 0.1) is 19.1 Å². The van der Waals surface area contributed by atoms with E-state index in [4.69, 9.17) is 14.6 Å². The SMILES string of the molecule is COCCOCCCCNC(=O)NC(C)C(C)C(=O)O. The lowest BCUT2D eigenvalue weighted by Gasteiger charge is -2.18. The van der Waals surface area contributed by atoms with E-state index >= 15 is 0 Å². The first-order valence-electron chi connectivity index (χ1n) is 6.83. The lowest BCUT2D eigenvalue weighted by Crippen LogP contribution is -2.45. The number of carbonyl (C=O) groups excluding carboxylic acids is 1. The molecule has 2 amide bonds. The predicted octanol–water partition coefficient (Wildman–Crippen LogP) is 0.838. The molecule has 0 spiro atoms. The molecule has 2 atom stereocenters. The topological polar surface area (TPSA) is 96.9 Å². The summed E-state index contributed by atoms with van der Waals surface area (Å²) in [6, 6.07) is -0.754. The van der Waals surface area contributed by atoms with Crippen LogP contribution < -0.4 is 10.6 Å². The molecule has 0 saturated heterocycles. The molecule has 7 nitrogen and oxygen atoms in total. The molecule has 2 unspecified atom stereocenters. The van der Waals surface area contributed by atoms with Crippen molar-refractivity contribution in [2.75, 3.05) is 33.5 Å². The first-order valence-corrected chi connectivity index (χ1v) is 6.83. The van der Waals surface area contributed by atoms with Crippen LogP contribution >= 0.6 is 0 Å². The van der Waals surface area contributed by atoms with Gasteiger partial charge in [-0.3, -0.25) is 4.79 Å². The van der Waals surface area contributed by atoms with Crippen LogP contribution in [0.1, 0.15) is 26.7 Å². The largest absolute Gasteiger partial charge is 0.481 e. The summed E-state index contributed by atoms with van der Waals surface area (Å²) in [6.07, 6.45) is 1.66. The van der Waals surface area contributed by atoms with E-state index in [0.29, 0.717) is 26.4 Å². The van der Waals surface area contributed by atoms with E-state index < -0.39 is 17.9 Å². The van der Waals surface area contributed by atoms with Gasteiger partial charge in [-0.1, -0.05) is 0 Å². The number of nitrogens with one attached hydrogen (secondary N) is 2. The molecule has 0 aromatic rings. The summed E-state index contributed by atoms with van der Waals surface area (Å²) in [5.74, 6) is -1.54. The van der Waals surface area contributed by atoms with E-state index in [-0.39, 0.29) is 6.03 Å². The Balaban J connectivity index is 3.52. The molecular formula is C13H26N2O5. The van der Waals surface area contributed by atoms with E-state index in [2.05, 4.69) is 10.6 Å². The van der Waals surface area contributed by atoms with Crippen LogP contribution in [0.25, 0.3) is 0 Å². The highest BCUT2D eigenvalue weighted by Gasteiger charge is 2.20. The van der Waals surface area contributed by atoms with Crippen LogP contribution in [0.15, 0.2) is 0 Å². The fraction of sp³-hybridized carbons (Fsp3) is 0.846. The average molecular weight is 290 g/mol. The molecular weight excluding hydrogens is 264 g/mol. The van der Waals surface area contributed by atoms with Crippen LogP contribution in [0.5, 0.6) is 0 Å². The summed E-state index contributed by atoms with van der Waals surface area (Å²) in [5.41, 5.74) is 0. The molecule has 0 heterocycles. The highest BCUT2D eigenvalue weighted by atomic mass is 16.5. The van der Waals surface area contributed by atoms with Crippen LogP contribution in [-0.4, -0.2) is 56.6 Å². The van der Waals surface area contributed by atoms with E-state index in [1.165, 1.54) is 0 Å². The van der Waals surface area contributed by atoms with Crippen molar-refractivity contribution >= 4 is 12.0 Å². The predicted molar refractivity (Wildman–Crippen MR) is 74.7 cm³/mol. The Morgan fingerprint density at radius 3 is 2.45 bits per heavy atom. The zero-order valence-corrected chi connectivity index (χ0v) is 12.5. The standard InChI is InChI=1S/C13H26N2O5/c1-10(12(16)17)11(2)15-13(18)14-6-4-5-7-20-9-8-19-3/h10-11H,4-9H2,1-3H3,(H,16,17)(H2,14,15,18). The maximum absolute atomic E-state index is 11.5. The van der Waals surface area contributed by atoms with E-state index in [1.54, 1.807) is 21.0 Å². The number of aliphatic carboxylic acids is 1. The monoisotopic (exact) mass is 290 g/mol. The summed E-state index contributed by atoms with van der Waals surface area (Å²) in [5, 5.41) is 14.1. The lowest BCUT2D eigenvalue weighted by molar-refractivity contribution is -0.141. The minimum absolute atomic E-state index is 0.342. The molecule has 7 heteroatoms. The van der Waals surface area contributed by atoms with Crippen molar-refractivity contribution < 1.29 is 24.2 Å². The van der Waals surface area contributed by atoms with Crippen molar-refractivity contribution in [2.24, 2.45) is 5.92 Å². The molecule has 0 rings (SSSR count). The van der Waals surface area contributed by atoms with E-state index in [9.17, 15) is 9.59 Å². The Bertz CT molecular complexity index is 286. The minimum atomic E-state index is -0.925. The van der Waals surface area contributed by atoms with Gasteiger partial charge in [0.25, 0.3) is 0 Å². The number of amides is 2. The number of methoxy groups -OCH3 is 1. The van der Waals surface area contributed by atoms with Crippen molar-refractivity contribution in [1.29, 1.82) is 0 Å². The van der Waals surface area contributed by atoms with Gasteiger partial charge in [-0.15, -0.1) is 0 Å². The minimum Gasteiger partial charge on any atom is -0.481 e.